The van der Waals surface area contributed by atoms with Crippen molar-refractivity contribution in [3.05, 3.63) is 35.5 Å². The van der Waals surface area contributed by atoms with Crippen LogP contribution in [0.5, 0.6) is 0 Å². The molecule has 0 fully saturated rings. The number of nitrogens with zero attached hydrogens (tertiary/aromatic N) is 1. The minimum Gasteiger partial charge on any atom is -0.468 e. The van der Waals surface area contributed by atoms with Crippen LogP contribution in [0.15, 0.2) is 24.3 Å². The molecule has 0 spiro atoms. The molecule has 0 aliphatic carbocycles. The molecule has 1 aliphatic heterocycles. The van der Waals surface area contributed by atoms with Gasteiger partial charge in [0.05, 0.1) is 13.2 Å². The number of H-pyrrole nitrogens is 1. The van der Waals surface area contributed by atoms with Gasteiger partial charge >= 0.3 is 5.97 Å². The average Bonchev–Trinajstić information content (AvgIpc) is 2.86. The molecule has 0 saturated heterocycles. The minimum absolute atomic E-state index is 0.151. The summed E-state index contributed by atoms with van der Waals surface area (Å²) in [7, 11) is 3.51. The number of esters is 1. The van der Waals surface area contributed by atoms with Crippen molar-refractivity contribution in [1.82, 2.24) is 9.88 Å². The molecule has 2 aromatic rings. The zero-order valence-corrected chi connectivity index (χ0v) is 14.6. The first-order valence-corrected chi connectivity index (χ1v) is 8.21. The number of likely N-dealkylation sites (N-methyl/N-ethyl adjacent to an activating group) is 1. The van der Waals surface area contributed by atoms with Gasteiger partial charge in [0.1, 0.15) is 6.04 Å². The number of ether oxygens (including phenoxy) is 1. The Morgan fingerprint density at radius 1 is 1.35 bits per heavy atom. The number of rotatable bonds is 2. The Labute approximate surface area is 137 Å². The van der Waals surface area contributed by atoms with Crippen LogP contribution in [0.2, 0.25) is 0 Å². The summed E-state index contributed by atoms with van der Waals surface area (Å²) >= 11 is 0. The maximum atomic E-state index is 12.3. The van der Waals surface area contributed by atoms with Crippen molar-refractivity contribution >= 4 is 16.9 Å². The third-order valence-corrected chi connectivity index (χ3v) is 4.84. The lowest BCUT2D eigenvalue weighted by atomic mass is 9.82. The predicted octanol–water partition coefficient (Wildman–Crippen LogP) is 3.67. The van der Waals surface area contributed by atoms with Gasteiger partial charge in [0, 0.05) is 23.0 Å². The second kappa shape index (κ2) is 5.68. The number of para-hydroxylation sites is 1. The van der Waals surface area contributed by atoms with Crippen molar-refractivity contribution in [2.45, 2.75) is 45.7 Å². The highest BCUT2D eigenvalue weighted by Gasteiger charge is 2.39. The molecule has 0 radical (unpaired) electrons. The first-order chi connectivity index (χ1) is 10.8. The number of benzene rings is 1. The molecular formula is C19H26N2O2. The Hall–Kier alpha value is -1.81. The van der Waals surface area contributed by atoms with Crippen LogP contribution in [0.25, 0.3) is 10.9 Å². The number of nitrogens with one attached hydrogen (secondary N) is 1. The molecule has 0 bridgehead atoms. The molecule has 2 atom stereocenters. The molecule has 23 heavy (non-hydrogen) atoms. The molecule has 1 N–H and O–H groups in total. The van der Waals surface area contributed by atoms with Crippen molar-refractivity contribution in [3.8, 4) is 0 Å². The van der Waals surface area contributed by atoms with Crippen molar-refractivity contribution in [1.29, 1.82) is 0 Å². The van der Waals surface area contributed by atoms with E-state index in [1.807, 2.05) is 13.1 Å². The average molecular weight is 314 g/mol. The van der Waals surface area contributed by atoms with E-state index >= 15 is 0 Å². The second-order valence-corrected chi connectivity index (χ2v) is 7.75. The monoisotopic (exact) mass is 314 g/mol. The highest BCUT2D eigenvalue weighted by molar-refractivity contribution is 5.87. The van der Waals surface area contributed by atoms with Gasteiger partial charge in [-0.05, 0) is 30.5 Å². The van der Waals surface area contributed by atoms with Gasteiger partial charge in [-0.25, -0.2) is 0 Å². The Bertz CT molecular complexity index is 727. The minimum atomic E-state index is -0.223. The van der Waals surface area contributed by atoms with E-state index in [1.165, 1.54) is 23.8 Å². The number of fused-ring (bicyclic) bond motifs is 3. The van der Waals surface area contributed by atoms with Gasteiger partial charge in [-0.15, -0.1) is 0 Å². The zero-order chi connectivity index (χ0) is 16.8. The largest absolute Gasteiger partial charge is 0.468 e. The number of hydrogen-bond acceptors (Lipinski definition) is 3. The molecule has 4 nitrogen and oxygen atoms in total. The van der Waals surface area contributed by atoms with Crippen LogP contribution in [0.4, 0.5) is 0 Å². The molecule has 1 aliphatic rings. The summed E-state index contributed by atoms with van der Waals surface area (Å²) in [6.07, 6.45) is 1.68. The fraction of sp³-hybridized carbons (Fsp3) is 0.526. The Morgan fingerprint density at radius 3 is 2.70 bits per heavy atom. The third-order valence-electron chi connectivity index (χ3n) is 4.84. The summed E-state index contributed by atoms with van der Waals surface area (Å²) in [5.74, 6) is -0.151. The van der Waals surface area contributed by atoms with E-state index < -0.39 is 0 Å². The molecular weight excluding hydrogens is 288 g/mol. The standard InChI is InChI=1S/C19H26N2O2/c1-19(2,3)11-16-17-13(10-15(21(16)4)18(22)23-5)12-8-6-7-9-14(12)20-17/h6-9,15-16,20H,10-11H2,1-5H3/t15-,16-/m0/s1. The lowest BCUT2D eigenvalue weighted by Crippen LogP contribution is -2.47. The fourth-order valence-corrected chi connectivity index (χ4v) is 3.70. The maximum Gasteiger partial charge on any atom is 0.323 e. The normalized spacial score (nSPS) is 22.1. The molecule has 124 valence electrons. The van der Waals surface area contributed by atoms with Gasteiger partial charge in [0.25, 0.3) is 0 Å². The molecule has 1 aromatic carbocycles. The van der Waals surface area contributed by atoms with Crippen LogP contribution < -0.4 is 0 Å². The van der Waals surface area contributed by atoms with Crippen molar-refractivity contribution in [2.75, 3.05) is 14.2 Å². The number of carbonyl (C=O) groups is 1. The Morgan fingerprint density at radius 2 is 2.04 bits per heavy atom. The first kappa shape index (κ1) is 16.1. The van der Waals surface area contributed by atoms with E-state index in [2.05, 4.69) is 48.9 Å². The van der Waals surface area contributed by atoms with Gasteiger partial charge < -0.3 is 9.72 Å². The number of hydrogen-bond donors (Lipinski definition) is 1. The van der Waals surface area contributed by atoms with Crippen LogP contribution in [0, 0.1) is 5.41 Å². The van der Waals surface area contributed by atoms with Crippen LogP contribution >= 0.6 is 0 Å². The topological polar surface area (TPSA) is 45.3 Å². The molecule has 3 rings (SSSR count). The second-order valence-electron chi connectivity index (χ2n) is 7.75. The molecule has 0 amide bonds. The van der Waals surface area contributed by atoms with Gasteiger partial charge in [-0.3, -0.25) is 9.69 Å². The van der Waals surface area contributed by atoms with E-state index in [-0.39, 0.29) is 23.5 Å². The number of aromatic amines is 1. The van der Waals surface area contributed by atoms with E-state index in [0.29, 0.717) is 6.42 Å². The maximum absolute atomic E-state index is 12.3. The Kier molecular flexibility index (Phi) is 3.96. The molecule has 0 unspecified atom stereocenters. The van der Waals surface area contributed by atoms with Gasteiger partial charge in [0.15, 0.2) is 0 Å². The summed E-state index contributed by atoms with van der Waals surface area (Å²) in [5, 5.41) is 1.23. The van der Waals surface area contributed by atoms with Gasteiger partial charge in [-0.2, -0.15) is 0 Å². The summed E-state index contributed by atoms with van der Waals surface area (Å²) in [4.78, 5) is 18.1. The van der Waals surface area contributed by atoms with Crippen molar-refractivity contribution in [3.63, 3.8) is 0 Å². The summed E-state index contributed by atoms with van der Waals surface area (Å²) in [6, 6.07) is 8.31. The molecule has 2 heterocycles. The number of aromatic nitrogens is 1. The number of methoxy groups -OCH3 is 1. The highest BCUT2D eigenvalue weighted by atomic mass is 16.5. The Balaban J connectivity index is 2.13. The zero-order valence-electron chi connectivity index (χ0n) is 14.6. The van der Waals surface area contributed by atoms with Crippen LogP contribution in [0.3, 0.4) is 0 Å². The molecule has 1 aromatic heterocycles. The lowest BCUT2D eigenvalue weighted by molar-refractivity contribution is -0.148. The molecule has 4 heteroatoms. The summed E-state index contributed by atoms with van der Waals surface area (Å²) in [5.41, 5.74) is 3.84. The van der Waals surface area contributed by atoms with Crippen LogP contribution in [0.1, 0.15) is 44.5 Å². The van der Waals surface area contributed by atoms with E-state index in [1.54, 1.807) is 0 Å². The van der Waals surface area contributed by atoms with Crippen molar-refractivity contribution in [2.24, 2.45) is 5.41 Å². The SMILES string of the molecule is COC(=O)[C@@H]1Cc2c([nH]c3ccccc23)[C@H](CC(C)(C)C)N1C. The quantitative estimate of drug-likeness (QED) is 0.860. The van der Waals surface area contributed by atoms with Gasteiger partial charge in [0.2, 0.25) is 0 Å². The molecule has 0 saturated carbocycles. The first-order valence-electron chi connectivity index (χ1n) is 8.21. The third kappa shape index (κ3) is 2.88. The fourth-order valence-electron chi connectivity index (χ4n) is 3.70. The van der Waals surface area contributed by atoms with Crippen LogP contribution in [-0.2, 0) is 16.0 Å². The number of carbonyl (C=O) groups excluding carboxylic acids is 1. The smallest absolute Gasteiger partial charge is 0.323 e. The lowest BCUT2D eigenvalue weighted by Gasteiger charge is -2.40. The predicted molar refractivity (Wildman–Crippen MR) is 92.4 cm³/mol. The summed E-state index contributed by atoms with van der Waals surface area (Å²) in [6.45, 7) is 6.72. The van der Waals surface area contributed by atoms with E-state index in [4.69, 9.17) is 4.74 Å². The van der Waals surface area contributed by atoms with Gasteiger partial charge in [-0.1, -0.05) is 39.0 Å². The van der Waals surface area contributed by atoms with Crippen LogP contribution in [-0.4, -0.2) is 36.1 Å². The summed E-state index contributed by atoms with van der Waals surface area (Å²) < 4.78 is 5.05. The van der Waals surface area contributed by atoms with E-state index in [0.717, 1.165) is 11.9 Å². The van der Waals surface area contributed by atoms with E-state index in [9.17, 15) is 4.79 Å². The van der Waals surface area contributed by atoms with Crippen molar-refractivity contribution < 1.29 is 9.53 Å². The highest BCUT2D eigenvalue weighted by Crippen LogP contribution is 2.41.